The third-order valence-corrected chi connectivity index (χ3v) is 4.37. The summed E-state index contributed by atoms with van der Waals surface area (Å²) in [5.41, 5.74) is 1.56. The number of aromatic nitrogens is 2. The highest BCUT2D eigenvalue weighted by molar-refractivity contribution is 5.76. The molecule has 0 aliphatic carbocycles. The Bertz CT molecular complexity index is 816. The molecule has 1 aliphatic rings. The van der Waals surface area contributed by atoms with Crippen LogP contribution in [0, 0.1) is 0 Å². The highest BCUT2D eigenvalue weighted by Crippen LogP contribution is 2.13. The number of aromatic amines is 1. The summed E-state index contributed by atoms with van der Waals surface area (Å²) >= 11 is 0. The zero-order chi connectivity index (χ0) is 15.5. The largest absolute Gasteiger partial charge is 0.328 e. The molecule has 2 heterocycles. The van der Waals surface area contributed by atoms with Crippen molar-refractivity contribution in [1.82, 2.24) is 14.5 Å². The van der Waals surface area contributed by atoms with E-state index in [4.69, 9.17) is 0 Å². The molecule has 3 rings (SSSR count). The van der Waals surface area contributed by atoms with Gasteiger partial charge >= 0.3 is 5.69 Å². The summed E-state index contributed by atoms with van der Waals surface area (Å²) in [6.45, 7) is 5.22. The second-order valence-electron chi connectivity index (χ2n) is 5.70. The van der Waals surface area contributed by atoms with E-state index < -0.39 is 0 Å². The first kappa shape index (κ1) is 14.8. The van der Waals surface area contributed by atoms with E-state index in [1.54, 1.807) is 12.1 Å². The van der Waals surface area contributed by atoms with Gasteiger partial charge in [-0.2, -0.15) is 0 Å². The Hall–Kier alpha value is -2.14. The van der Waals surface area contributed by atoms with Crippen LogP contribution in [0.4, 0.5) is 0 Å². The lowest BCUT2D eigenvalue weighted by molar-refractivity contribution is 0.277. The van der Waals surface area contributed by atoms with Crippen LogP contribution in [-0.4, -0.2) is 34.1 Å². The summed E-state index contributed by atoms with van der Waals surface area (Å²) in [6.07, 6.45) is 4.45. The Balaban J connectivity index is 1.79. The number of para-hydroxylation sites is 1. The molecule has 2 aromatic rings. The fourth-order valence-corrected chi connectivity index (χ4v) is 2.92. The molecule has 116 valence electrons. The fourth-order valence-electron chi connectivity index (χ4n) is 2.92. The van der Waals surface area contributed by atoms with E-state index in [0.29, 0.717) is 17.4 Å². The van der Waals surface area contributed by atoms with Gasteiger partial charge in [0.1, 0.15) is 0 Å². The van der Waals surface area contributed by atoms with Crippen LogP contribution in [0.5, 0.6) is 0 Å². The molecule has 1 aliphatic heterocycles. The quantitative estimate of drug-likeness (QED) is 0.875. The highest BCUT2D eigenvalue weighted by Gasteiger charge is 2.12. The topological polar surface area (TPSA) is 58.1 Å². The molecule has 0 saturated heterocycles. The molecule has 5 nitrogen and oxygen atoms in total. The SMILES string of the molecule is CCC1=CCN(CCn2c(=O)[nH]c3ccccc3c2=O)CC1. The van der Waals surface area contributed by atoms with Crippen molar-refractivity contribution in [3.8, 4) is 0 Å². The Morgan fingerprint density at radius 2 is 2.00 bits per heavy atom. The first-order valence-corrected chi connectivity index (χ1v) is 7.81. The molecule has 0 bridgehead atoms. The van der Waals surface area contributed by atoms with Gasteiger partial charge in [0, 0.05) is 26.2 Å². The van der Waals surface area contributed by atoms with E-state index in [1.165, 1.54) is 10.1 Å². The molecule has 0 fully saturated rings. The predicted octanol–water partition coefficient (Wildman–Crippen LogP) is 1.73. The summed E-state index contributed by atoms with van der Waals surface area (Å²) < 4.78 is 1.31. The summed E-state index contributed by atoms with van der Waals surface area (Å²) in [5, 5.41) is 0.564. The van der Waals surface area contributed by atoms with Gasteiger partial charge < -0.3 is 4.98 Å². The van der Waals surface area contributed by atoms with Gasteiger partial charge in [-0.3, -0.25) is 14.3 Å². The van der Waals surface area contributed by atoms with Crippen LogP contribution in [0.3, 0.4) is 0 Å². The number of rotatable bonds is 4. The third-order valence-electron chi connectivity index (χ3n) is 4.37. The molecule has 0 amide bonds. The minimum absolute atomic E-state index is 0.207. The van der Waals surface area contributed by atoms with E-state index in [9.17, 15) is 9.59 Å². The van der Waals surface area contributed by atoms with Gasteiger partial charge in [0.25, 0.3) is 5.56 Å². The van der Waals surface area contributed by atoms with Gasteiger partial charge in [-0.05, 0) is 25.0 Å². The number of fused-ring (bicyclic) bond motifs is 1. The van der Waals surface area contributed by atoms with Crippen molar-refractivity contribution < 1.29 is 0 Å². The van der Waals surface area contributed by atoms with Crippen LogP contribution in [0.1, 0.15) is 19.8 Å². The van der Waals surface area contributed by atoms with Crippen LogP contribution in [0.2, 0.25) is 0 Å². The van der Waals surface area contributed by atoms with Crippen molar-refractivity contribution in [2.75, 3.05) is 19.6 Å². The minimum Gasteiger partial charge on any atom is -0.307 e. The molecule has 0 saturated carbocycles. The molecule has 1 N–H and O–H groups in total. The number of benzene rings is 1. The van der Waals surface area contributed by atoms with E-state index >= 15 is 0 Å². The summed E-state index contributed by atoms with van der Waals surface area (Å²) in [4.78, 5) is 29.6. The van der Waals surface area contributed by atoms with Gasteiger partial charge in [-0.1, -0.05) is 30.7 Å². The molecular formula is C17H21N3O2. The number of hydrogen-bond acceptors (Lipinski definition) is 3. The molecule has 0 spiro atoms. The second kappa shape index (κ2) is 6.32. The first-order chi connectivity index (χ1) is 10.7. The number of H-pyrrole nitrogens is 1. The molecule has 0 unspecified atom stereocenters. The lowest BCUT2D eigenvalue weighted by atomic mass is 10.1. The van der Waals surface area contributed by atoms with Crippen molar-refractivity contribution in [3.63, 3.8) is 0 Å². The van der Waals surface area contributed by atoms with Gasteiger partial charge in [0.05, 0.1) is 10.9 Å². The Morgan fingerprint density at radius 3 is 2.73 bits per heavy atom. The maximum Gasteiger partial charge on any atom is 0.328 e. The van der Waals surface area contributed by atoms with Gasteiger partial charge in [-0.25, -0.2) is 4.79 Å². The lowest BCUT2D eigenvalue weighted by Gasteiger charge is -2.26. The Kier molecular flexibility index (Phi) is 4.24. The minimum atomic E-state index is -0.328. The maximum absolute atomic E-state index is 12.4. The number of nitrogens with zero attached hydrogens (tertiary/aromatic N) is 2. The Labute approximate surface area is 128 Å². The number of hydrogen-bond donors (Lipinski definition) is 1. The zero-order valence-corrected chi connectivity index (χ0v) is 12.8. The van der Waals surface area contributed by atoms with Crippen LogP contribution >= 0.6 is 0 Å². The summed E-state index contributed by atoms with van der Waals surface area (Å²) in [7, 11) is 0. The normalized spacial score (nSPS) is 16.0. The van der Waals surface area contributed by atoms with Crippen molar-refractivity contribution in [2.24, 2.45) is 0 Å². The van der Waals surface area contributed by atoms with Crippen molar-refractivity contribution in [2.45, 2.75) is 26.3 Å². The first-order valence-electron chi connectivity index (χ1n) is 7.81. The van der Waals surface area contributed by atoms with Crippen LogP contribution in [0.15, 0.2) is 45.5 Å². The molecule has 1 aromatic heterocycles. The van der Waals surface area contributed by atoms with E-state index in [1.807, 2.05) is 12.1 Å². The van der Waals surface area contributed by atoms with Gasteiger partial charge in [0.2, 0.25) is 0 Å². The molecule has 1 aromatic carbocycles. The maximum atomic E-state index is 12.4. The van der Waals surface area contributed by atoms with E-state index in [0.717, 1.165) is 32.5 Å². The van der Waals surface area contributed by atoms with Crippen molar-refractivity contribution in [1.29, 1.82) is 0 Å². The van der Waals surface area contributed by atoms with Crippen LogP contribution in [0.25, 0.3) is 10.9 Å². The summed E-state index contributed by atoms with van der Waals surface area (Å²) in [5.74, 6) is 0. The average molecular weight is 299 g/mol. The van der Waals surface area contributed by atoms with E-state index in [2.05, 4.69) is 22.9 Å². The standard InChI is InChI=1S/C17H21N3O2/c1-2-13-7-9-19(10-8-13)11-12-20-16(21)14-5-3-4-6-15(14)18-17(20)22/h3-7H,2,8-12H2,1H3,(H,18,22). The highest BCUT2D eigenvalue weighted by atomic mass is 16.2. The van der Waals surface area contributed by atoms with Gasteiger partial charge in [0.15, 0.2) is 0 Å². The monoisotopic (exact) mass is 299 g/mol. The molecule has 0 radical (unpaired) electrons. The lowest BCUT2D eigenvalue weighted by Crippen LogP contribution is -2.40. The predicted molar refractivity (Wildman–Crippen MR) is 88.3 cm³/mol. The molecule has 22 heavy (non-hydrogen) atoms. The van der Waals surface area contributed by atoms with Crippen LogP contribution < -0.4 is 11.2 Å². The smallest absolute Gasteiger partial charge is 0.307 e. The Morgan fingerprint density at radius 1 is 1.18 bits per heavy atom. The fraction of sp³-hybridized carbons (Fsp3) is 0.412. The molecule has 5 heteroatoms. The number of nitrogens with one attached hydrogen (secondary N) is 1. The zero-order valence-electron chi connectivity index (χ0n) is 12.8. The molecular weight excluding hydrogens is 278 g/mol. The van der Waals surface area contributed by atoms with Crippen molar-refractivity contribution >= 4 is 10.9 Å². The average Bonchev–Trinajstić information content (AvgIpc) is 2.55. The van der Waals surface area contributed by atoms with Crippen LogP contribution in [-0.2, 0) is 6.54 Å². The van der Waals surface area contributed by atoms with E-state index in [-0.39, 0.29) is 11.2 Å². The van der Waals surface area contributed by atoms with Crippen molar-refractivity contribution in [3.05, 3.63) is 56.8 Å². The molecule has 0 atom stereocenters. The van der Waals surface area contributed by atoms with Gasteiger partial charge in [-0.15, -0.1) is 0 Å². The second-order valence-corrected chi connectivity index (χ2v) is 5.70. The summed E-state index contributed by atoms with van der Waals surface area (Å²) in [6, 6.07) is 7.13. The third kappa shape index (κ3) is 2.90.